The highest BCUT2D eigenvalue weighted by Crippen LogP contribution is 2.32. The van der Waals surface area contributed by atoms with Crippen molar-refractivity contribution in [3.8, 4) is 0 Å². The van der Waals surface area contributed by atoms with Crippen molar-refractivity contribution < 1.29 is 9.90 Å². The first-order chi connectivity index (χ1) is 10.1. The first-order valence-corrected chi connectivity index (χ1v) is 6.71. The summed E-state index contributed by atoms with van der Waals surface area (Å²) in [5.74, 6) is -0.0689. The zero-order chi connectivity index (χ0) is 15.0. The van der Waals surface area contributed by atoms with E-state index in [1.54, 1.807) is 11.8 Å². The Morgan fingerprint density at radius 3 is 2.90 bits per heavy atom. The third kappa shape index (κ3) is 2.40. The number of hydrogen-bond donors (Lipinski definition) is 2. The lowest BCUT2D eigenvalue weighted by molar-refractivity contribution is -0.138. The van der Waals surface area contributed by atoms with E-state index in [-0.39, 0.29) is 5.56 Å². The van der Waals surface area contributed by atoms with Gasteiger partial charge in [0.25, 0.3) is 5.56 Å². The molecule has 0 spiro atoms. The number of carboxylic acids is 1. The Morgan fingerprint density at radius 1 is 1.43 bits per heavy atom. The summed E-state index contributed by atoms with van der Waals surface area (Å²) in [6, 6.07) is 8.03. The molecule has 0 saturated heterocycles. The van der Waals surface area contributed by atoms with Crippen LogP contribution in [-0.2, 0) is 11.2 Å². The summed E-state index contributed by atoms with van der Waals surface area (Å²) in [5, 5.41) is 9.60. The number of aromatic nitrogens is 2. The fourth-order valence-corrected chi connectivity index (χ4v) is 2.79. The van der Waals surface area contributed by atoms with Gasteiger partial charge in [-0.25, -0.2) is 9.78 Å². The van der Waals surface area contributed by atoms with Gasteiger partial charge < -0.3 is 15.0 Å². The van der Waals surface area contributed by atoms with Crippen LogP contribution in [0.2, 0.25) is 0 Å². The minimum absolute atomic E-state index is 0.277. The molecule has 0 bridgehead atoms. The number of aliphatic carboxylic acids is 1. The first kappa shape index (κ1) is 13.4. The lowest BCUT2D eigenvalue weighted by Gasteiger charge is -2.35. The molecule has 0 saturated carbocycles. The van der Waals surface area contributed by atoms with Gasteiger partial charge in [-0.1, -0.05) is 24.3 Å². The van der Waals surface area contributed by atoms with Gasteiger partial charge in [0.05, 0.1) is 0 Å². The van der Waals surface area contributed by atoms with Crippen molar-refractivity contribution in [2.45, 2.75) is 19.4 Å². The second kappa shape index (κ2) is 5.05. The molecule has 1 aromatic carbocycles. The van der Waals surface area contributed by atoms with Gasteiger partial charge in [-0.2, -0.15) is 0 Å². The van der Waals surface area contributed by atoms with Gasteiger partial charge in [-0.05, 0) is 24.5 Å². The van der Waals surface area contributed by atoms with Crippen molar-refractivity contribution in [2.24, 2.45) is 0 Å². The number of nitrogens with zero attached hydrogens (tertiary/aromatic N) is 2. The minimum atomic E-state index is -0.943. The summed E-state index contributed by atoms with van der Waals surface area (Å²) in [4.78, 5) is 31.8. The van der Waals surface area contributed by atoms with Crippen LogP contribution < -0.4 is 10.5 Å². The van der Waals surface area contributed by atoms with Crippen LogP contribution in [0.3, 0.4) is 0 Å². The van der Waals surface area contributed by atoms with E-state index in [0.29, 0.717) is 18.2 Å². The third-order valence-electron chi connectivity index (χ3n) is 3.66. The molecule has 0 aliphatic carbocycles. The largest absolute Gasteiger partial charge is 0.479 e. The number of carboxylic acid groups (broad SMARTS) is 1. The predicted octanol–water partition coefficient (Wildman–Crippen LogP) is 1.27. The topological polar surface area (TPSA) is 86.3 Å². The van der Waals surface area contributed by atoms with Crippen molar-refractivity contribution >= 4 is 11.8 Å². The molecule has 108 valence electrons. The summed E-state index contributed by atoms with van der Waals surface area (Å²) in [5.41, 5.74) is 1.51. The van der Waals surface area contributed by atoms with E-state index in [0.717, 1.165) is 17.5 Å². The highest BCUT2D eigenvalue weighted by molar-refractivity contribution is 5.81. The molecule has 1 aromatic heterocycles. The van der Waals surface area contributed by atoms with Crippen molar-refractivity contribution in [1.29, 1.82) is 0 Å². The fourth-order valence-electron chi connectivity index (χ4n) is 2.79. The molecule has 1 unspecified atom stereocenters. The highest BCUT2D eigenvalue weighted by atomic mass is 16.4. The molecule has 6 heteroatoms. The van der Waals surface area contributed by atoms with Gasteiger partial charge >= 0.3 is 5.97 Å². The monoisotopic (exact) mass is 285 g/mol. The van der Waals surface area contributed by atoms with Gasteiger partial charge in [0.1, 0.15) is 11.6 Å². The Hall–Kier alpha value is -2.63. The number of nitrogens with one attached hydrogen (secondary N) is 1. The number of benzene rings is 1. The van der Waals surface area contributed by atoms with Crippen molar-refractivity contribution in [1.82, 2.24) is 9.97 Å². The number of rotatable bonds is 2. The Labute approximate surface area is 121 Å². The molecular formula is C15H15N3O3. The number of fused-ring (bicyclic) bond motifs is 1. The van der Waals surface area contributed by atoms with Crippen molar-refractivity contribution in [3.63, 3.8) is 0 Å². The first-order valence-electron chi connectivity index (χ1n) is 6.71. The maximum absolute atomic E-state index is 11.7. The summed E-state index contributed by atoms with van der Waals surface area (Å²) in [6.07, 6.45) is 0.730. The van der Waals surface area contributed by atoms with E-state index < -0.39 is 12.0 Å². The van der Waals surface area contributed by atoms with Crippen LogP contribution in [0.1, 0.15) is 23.0 Å². The molecule has 1 atom stereocenters. The fraction of sp³-hybridized carbons (Fsp3) is 0.267. The molecule has 1 aliphatic heterocycles. The molecule has 1 aliphatic rings. The Morgan fingerprint density at radius 2 is 2.19 bits per heavy atom. The number of aryl methyl sites for hydroxylation is 1. The molecular weight excluding hydrogens is 270 g/mol. The standard InChI is InChI=1S/C15H15N3O3/c1-9-16-12(8-13(19)17-9)18-7-6-10-4-2-3-5-11(10)14(18)15(20)21/h2-5,8,14H,6-7H2,1H3,(H,20,21)(H,16,17,19). The predicted molar refractivity (Wildman–Crippen MR) is 77.5 cm³/mol. The average molecular weight is 285 g/mol. The SMILES string of the molecule is Cc1nc(N2CCc3ccccc3C2C(=O)O)cc(=O)[nH]1. The van der Waals surface area contributed by atoms with Crippen molar-refractivity contribution in [2.75, 3.05) is 11.4 Å². The summed E-state index contributed by atoms with van der Waals surface area (Å²) in [7, 11) is 0. The van der Waals surface area contributed by atoms with Gasteiger partial charge in [0, 0.05) is 12.6 Å². The maximum Gasteiger partial charge on any atom is 0.331 e. The molecule has 21 heavy (non-hydrogen) atoms. The second-order valence-corrected chi connectivity index (χ2v) is 5.07. The molecule has 2 aromatic rings. The van der Waals surface area contributed by atoms with Crippen LogP contribution in [0.5, 0.6) is 0 Å². The number of hydrogen-bond acceptors (Lipinski definition) is 4. The normalized spacial score (nSPS) is 17.4. The third-order valence-corrected chi connectivity index (χ3v) is 3.66. The summed E-state index contributed by atoms with van der Waals surface area (Å²) in [6.45, 7) is 2.20. The van der Waals surface area contributed by atoms with E-state index in [1.807, 2.05) is 24.3 Å². The number of H-pyrrole nitrogens is 1. The minimum Gasteiger partial charge on any atom is -0.479 e. The van der Waals surface area contributed by atoms with Gasteiger partial charge in [0.15, 0.2) is 6.04 Å². The molecule has 0 fully saturated rings. The quantitative estimate of drug-likeness (QED) is 0.867. The maximum atomic E-state index is 11.7. The molecule has 3 rings (SSSR count). The molecule has 0 radical (unpaired) electrons. The van der Waals surface area contributed by atoms with E-state index in [4.69, 9.17) is 0 Å². The van der Waals surface area contributed by atoms with Crippen LogP contribution in [-0.4, -0.2) is 27.6 Å². The zero-order valence-electron chi connectivity index (χ0n) is 11.5. The molecule has 2 N–H and O–H groups in total. The lowest BCUT2D eigenvalue weighted by Crippen LogP contribution is -2.40. The Kier molecular flexibility index (Phi) is 3.21. The summed E-state index contributed by atoms with van der Waals surface area (Å²) >= 11 is 0. The van der Waals surface area contributed by atoms with Gasteiger partial charge in [-0.3, -0.25) is 4.79 Å². The average Bonchev–Trinajstić information content (AvgIpc) is 2.44. The number of aromatic amines is 1. The number of carbonyl (C=O) groups is 1. The smallest absolute Gasteiger partial charge is 0.331 e. The Balaban J connectivity index is 2.11. The van der Waals surface area contributed by atoms with Crippen LogP contribution in [0, 0.1) is 6.92 Å². The molecule has 2 heterocycles. The number of anilines is 1. The van der Waals surface area contributed by atoms with Gasteiger partial charge in [-0.15, -0.1) is 0 Å². The van der Waals surface area contributed by atoms with E-state index >= 15 is 0 Å². The van der Waals surface area contributed by atoms with Crippen LogP contribution in [0.15, 0.2) is 35.1 Å². The molecule has 6 nitrogen and oxygen atoms in total. The van der Waals surface area contributed by atoms with Crippen LogP contribution >= 0.6 is 0 Å². The van der Waals surface area contributed by atoms with Crippen LogP contribution in [0.25, 0.3) is 0 Å². The molecule has 0 amide bonds. The van der Waals surface area contributed by atoms with Crippen LogP contribution in [0.4, 0.5) is 5.82 Å². The van der Waals surface area contributed by atoms with E-state index in [2.05, 4.69) is 9.97 Å². The van der Waals surface area contributed by atoms with Crippen molar-refractivity contribution in [3.05, 3.63) is 57.6 Å². The second-order valence-electron chi connectivity index (χ2n) is 5.07. The van der Waals surface area contributed by atoms with E-state index in [1.165, 1.54) is 6.07 Å². The van der Waals surface area contributed by atoms with Gasteiger partial charge in [0.2, 0.25) is 0 Å². The zero-order valence-corrected chi connectivity index (χ0v) is 11.5. The lowest BCUT2D eigenvalue weighted by atomic mass is 9.92. The Bertz CT molecular complexity index is 754. The summed E-state index contributed by atoms with van der Waals surface area (Å²) < 4.78 is 0. The van der Waals surface area contributed by atoms with E-state index in [9.17, 15) is 14.7 Å². The highest BCUT2D eigenvalue weighted by Gasteiger charge is 2.33.